The number of para-hydroxylation sites is 2. The van der Waals surface area contributed by atoms with Gasteiger partial charge in [-0.05, 0) is 35.2 Å². The first kappa shape index (κ1) is 34.0. The third-order valence-electron chi connectivity index (χ3n) is 8.48. The molecule has 1 aliphatic heterocycles. The second-order valence-electron chi connectivity index (χ2n) is 13.8. The van der Waals surface area contributed by atoms with Gasteiger partial charge in [0.15, 0.2) is 0 Å². The quantitative estimate of drug-likeness (QED) is 0.124. The van der Waals surface area contributed by atoms with Gasteiger partial charge in [0.2, 0.25) is 0 Å². The van der Waals surface area contributed by atoms with Gasteiger partial charge in [0.05, 0.1) is 11.3 Å². The first-order valence-electron chi connectivity index (χ1n) is 16.1. The molecule has 1 aliphatic rings. The molecule has 0 saturated carbocycles. The van der Waals surface area contributed by atoms with Crippen LogP contribution in [-0.2, 0) is 26.5 Å². The van der Waals surface area contributed by atoms with Gasteiger partial charge in [-0.2, -0.15) is 0 Å². The third kappa shape index (κ3) is 7.00. The number of hydrogen-bond donors (Lipinski definition) is 0. The molecule has 2 aromatic heterocycles. The first-order valence-corrected chi connectivity index (χ1v) is 23.4. The molecule has 3 nitrogen and oxygen atoms in total. The summed E-state index contributed by atoms with van der Waals surface area (Å²) in [6.45, 7) is 9.07. The Labute approximate surface area is 290 Å². The van der Waals surface area contributed by atoms with E-state index in [9.17, 15) is 0 Å². The van der Waals surface area contributed by atoms with Crippen LogP contribution in [0.1, 0.15) is 50.3 Å². The molecule has 0 aliphatic carbocycles. The van der Waals surface area contributed by atoms with Crippen molar-refractivity contribution in [2.45, 2.75) is 57.3 Å². The molecule has 0 saturated heterocycles. The molecule has 0 bridgehead atoms. The Morgan fingerprint density at radius 3 is 2.28 bits per heavy atom. The van der Waals surface area contributed by atoms with Gasteiger partial charge in [0, 0.05) is 25.5 Å². The second-order valence-corrected chi connectivity index (χ2v) is 24.4. The van der Waals surface area contributed by atoms with Gasteiger partial charge < -0.3 is 9.41 Å². The summed E-state index contributed by atoms with van der Waals surface area (Å²) < 4.78 is 7.75. The predicted molar refractivity (Wildman–Crippen MR) is 193 cm³/mol. The van der Waals surface area contributed by atoms with E-state index in [2.05, 4.69) is 106 Å². The van der Waals surface area contributed by atoms with Crippen LogP contribution in [0, 0.1) is 24.0 Å². The van der Waals surface area contributed by atoms with E-state index in [1.807, 2.05) is 48.5 Å². The zero-order valence-electron chi connectivity index (χ0n) is 27.8. The monoisotopic (exact) mass is 845 g/mol. The second kappa shape index (κ2) is 14.2. The normalized spacial score (nSPS) is 14.2. The summed E-state index contributed by atoms with van der Waals surface area (Å²) in [7, 11) is 0. The minimum absolute atomic E-state index is 0. The van der Waals surface area contributed by atoms with Crippen molar-refractivity contribution < 1.29 is 24.5 Å². The molecule has 46 heavy (non-hydrogen) atoms. The summed E-state index contributed by atoms with van der Waals surface area (Å²) in [5.41, 5.74) is 9.87. The molecule has 1 atom stereocenters. The number of fused-ring (bicyclic) bond motifs is 4. The summed E-state index contributed by atoms with van der Waals surface area (Å²) >= 11 is -1.86. The molecule has 5 heteroatoms. The molecule has 237 valence electrons. The van der Waals surface area contributed by atoms with E-state index in [0.29, 0.717) is 11.8 Å². The number of nitrogens with zero attached hydrogens (tertiary/aromatic N) is 2. The molecule has 1 unspecified atom stereocenters. The number of furan rings is 1. The number of aromatic nitrogens is 1. The van der Waals surface area contributed by atoms with E-state index < -0.39 is 13.3 Å². The van der Waals surface area contributed by atoms with E-state index >= 15 is 0 Å². The molecule has 6 aromatic rings. The van der Waals surface area contributed by atoms with Crippen molar-refractivity contribution in [2.75, 3.05) is 0 Å². The van der Waals surface area contributed by atoms with E-state index in [0.717, 1.165) is 56.6 Å². The van der Waals surface area contributed by atoms with Crippen LogP contribution < -0.4 is 4.40 Å². The van der Waals surface area contributed by atoms with E-state index in [4.69, 9.17) is 14.4 Å². The standard InChI is InChI=1S/C23H18NO.C18H24GeN.Ir/c1-14(2)21-17-9-3-5-12-19(17)24-22(21)18-11-7-10-16-15-8-4-6-13-20(15)25-23(16)18;1-14(2)11-16-12-18(15-9-7-6-8-10-15)20-13-17(16)19(3,4)5;/h3-10,12-14,21H,1-2H3;6-9,12-14H,11H2,1-5H3;/q2*-1;. The largest absolute Gasteiger partial charge is 0 e. The van der Waals surface area contributed by atoms with Gasteiger partial charge in [-0.25, -0.2) is 0 Å². The fourth-order valence-corrected chi connectivity index (χ4v) is 9.78. The molecule has 0 amide bonds. The SMILES string of the molecule is CC(C)C1C(c2[c-]ccc3c2oc2ccccc23)=Nc2ccccc21.CC(C)Cc1cc(-c2[c-]cccc2)nc[c]1[Ge]([CH3])([CH3])[CH3].[Ir]. The van der Waals surface area contributed by atoms with Gasteiger partial charge in [-0.3, -0.25) is 0 Å². The smallest absolute Gasteiger partial charge is 0 e. The summed E-state index contributed by atoms with van der Waals surface area (Å²) in [6.07, 6.45) is 3.27. The Morgan fingerprint density at radius 2 is 1.57 bits per heavy atom. The predicted octanol–water partition coefficient (Wildman–Crippen LogP) is 10.6. The molecule has 0 fully saturated rings. The van der Waals surface area contributed by atoms with Gasteiger partial charge in [-0.15, -0.1) is 18.2 Å². The molecule has 3 heterocycles. The number of hydrogen-bond acceptors (Lipinski definition) is 3. The van der Waals surface area contributed by atoms with Crippen molar-refractivity contribution in [1.29, 1.82) is 0 Å². The van der Waals surface area contributed by atoms with Crippen LogP contribution in [0.5, 0.6) is 0 Å². The van der Waals surface area contributed by atoms with Crippen LogP contribution in [0.4, 0.5) is 5.69 Å². The van der Waals surface area contributed by atoms with Crippen LogP contribution in [0.25, 0.3) is 33.2 Å². The van der Waals surface area contributed by atoms with Crippen LogP contribution in [-0.4, -0.2) is 24.0 Å². The van der Waals surface area contributed by atoms with Crippen LogP contribution in [0.2, 0.25) is 17.3 Å². The van der Waals surface area contributed by atoms with Gasteiger partial charge in [0.1, 0.15) is 5.58 Å². The molecular weight excluding hydrogens is 801 g/mol. The van der Waals surface area contributed by atoms with E-state index in [-0.39, 0.29) is 26.0 Å². The topological polar surface area (TPSA) is 38.4 Å². The number of aliphatic imine (C=N–C) groups is 1. The maximum atomic E-state index is 6.21. The molecule has 7 rings (SSSR count). The summed E-state index contributed by atoms with van der Waals surface area (Å²) in [6, 6.07) is 37.7. The van der Waals surface area contributed by atoms with E-state index in [1.54, 1.807) is 4.40 Å². The minimum atomic E-state index is -1.86. The number of benzene rings is 4. The molecule has 4 aromatic carbocycles. The Kier molecular flexibility index (Phi) is 10.5. The van der Waals surface area contributed by atoms with Gasteiger partial charge >= 0.3 is 126 Å². The maximum absolute atomic E-state index is 6.21. The average molecular weight is 844 g/mol. The first-order chi connectivity index (χ1) is 21.6. The van der Waals surface area contributed by atoms with Crippen molar-refractivity contribution in [2.24, 2.45) is 16.8 Å². The number of rotatable bonds is 6. The fourth-order valence-electron chi connectivity index (χ4n) is 6.45. The van der Waals surface area contributed by atoms with Gasteiger partial charge in [0.25, 0.3) is 0 Å². The average Bonchev–Trinajstić information content (AvgIpc) is 3.60. The summed E-state index contributed by atoms with van der Waals surface area (Å²) in [5, 5.41) is 2.27. The van der Waals surface area contributed by atoms with Crippen molar-refractivity contribution in [3.05, 3.63) is 126 Å². The number of pyridine rings is 1. The van der Waals surface area contributed by atoms with Crippen molar-refractivity contribution in [1.82, 2.24) is 4.98 Å². The molecule has 0 spiro atoms. The zero-order valence-corrected chi connectivity index (χ0v) is 32.3. The summed E-state index contributed by atoms with van der Waals surface area (Å²) in [4.78, 5) is 9.67. The molecule has 1 radical (unpaired) electrons. The summed E-state index contributed by atoms with van der Waals surface area (Å²) in [5.74, 6) is 8.72. The maximum Gasteiger partial charge on any atom is 0 e. The van der Waals surface area contributed by atoms with Crippen molar-refractivity contribution in [3.63, 3.8) is 0 Å². The molecule has 0 N–H and O–H groups in total. The minimum Gasteiger partial charge on any atom is 0 e. The van der Waals surface area contributed by atoms with Crippen LogP contribution in [0.3, 0.4) is 0 Å². The van der Waals surface area contributed by atoms with Crippen molar-refractivity contribution in [3.8, 4) is 11.3 Å². The third-order valence-corrected chi connectivity index (χ3v) is 12.8. The van der Waals surface area contributed by atoms with E-state index in [1.165, 1.54) is 11.1 Å². The Morgan fingerprint density at radius 1 is 0.826 bits per heavy atom. The Bertz CT molecular complexity index is 1990. The van der Waals surface area contributed by atoms with Crippen molar-refractivity contribution >= 4 is 51.0 Å². The van der Waals surface area contributed by atoms with Crippen LogP contribution >= 0.6 is 0 Å². The zero-order chi connectivity index (χ0) is 31.7. The molecular formula is C41H42GeIrN2O-2. The Balaban J connectivity index is 0.000000182. The Hall–Kier alpha value is -3.31. The fraction of sp³-hybridized carbons (Fsp3) is 0.268. The van der Waals surface area contributed by atoms with Gasteiger partial charge in [-0.1, -0.05) is 61.2 Å². The van der Waals surface area contributed by atoms with Crippen LogP contribution in [0.15, 0.2) is 107 Å².